The maximum absolute atomic E-state index is 11.6. The summed E-state index contributed by atoms with van der Waals surface area (Å²) in [6.07, 6.45) is 0.600. The maximum atomic E-state index is 11.6. The molecule has 1 aliphatic rings. The van der Waals surface area contributed by atoms with Gasteiger partial charge in [0.2, 0.25) is 11.9 Å². The second kappa shape index (κ2) is 6.70. The van der Waals surface area contributed by atoms with Crippen LogP contribution >= 0.6 is 0 Å². The average Bonchev–Trinajstić information content (AvgIpc) is 2.86. The van der Waals surface area contributed by atoms with Crippen molar-refractivity contribution in [3.8, 4) is 0 Å². The molecule has 0 spiro atoms. The summed E-state index contributed by atoms with van der Waals surface area (Å²) in [5.41, 5.74) is 6.62. The lowest BCUT2D eigenvalue weighted by molar-refractivity contribution is 0.468. The van der Waals surface area contributed by atoms with Gasteiger partial charge >= 0.3 is 0 Å². The number of nitrogens with zero attached hydrogens (tertiary/aromatic N) is 3. The lowest BCUT2D eigenvalue weighted by Gasteiger charge is -2.18. The van der Waals surface area contributed by atoms with Gasteiger partial charge in [-0.05, 0) is 25.5 Å². The van der Waals surface area contributed by atoms with Crippen molar-refractivity contribution < 1.29 is 8.42 Å². The van der Waals surface area contributed by atoms with Gasteiger partial charge in [-0.3, -0.25) is 0 Å². The van der Waals surface area contributed by atoms with Crippen molar-refractivity contribution in [3.05, 3.63) is 36.2 Å². The molecule has 1 aromatic carbocycles. The second-order valence-electron chi connectivity index (χ2n) is 5.85. The first-order valence-corrected chi connectivity index (χ1v) is 9.53. The quantitative estimate of drug-likeness (QED) is 0.732. The summed E-state index contributed by atoms with van der Waals surface area (Å²) in [5.74, 6) is 1.32. The lowest BCUT2D eigenvalue weighted by atomic mass is 10.2. The van der Waals surface area contributed by atoms with Crippen LogP contribution in [0.1, 0.15) is 25.2 Å². The van der Waals surface area contributed by atoms with Gasteiger partial charge in [0.1, 0.15) is 0 Å². The Morgan fingerprint density at radius 3 is 2.62 bits per heavy atom. The second-order valence-corrected chi connectivity index (χ2v) is 8.08. The monoisotopic (exact) mass is 348 g/mol. The molecule has 2 aromatic rings. The van der Waals surface area contributed by atoms with E-state index in [0.717, 1.165) is 5.69 Å². The number of nitrogen functional groups attached to an aromatic ring is 1. The zero-order chi connectivity index (χ0) is 17.2. The van der Waals surface area contributed by atoms with Crippen molar-refractivity contribution in [2.45, 2.75) is 25.4 Å². The third-order valence-electron chi connectivity index (χ3n) is 3.81. The highest BCUT2D eigenvalue weighted by molar-refractivity contribution is 7.91. The van der Waals surface area contributed by atoms with Crippen LogP contribution in [0.15, 0.2) is 30.3 Å². The minimum Gasteiger partial charge on any atom is -0.368 e. The molecule has 0 aliphatic carbocycles. The van der Waals surface area contributed by atoms with Crippen LogP contribution in [-0.2, 0) is 9.84 Å². The van der Waals surface area contributed by atoms with E-state index in [1.54, 1.807) is 0 Å². The summed E-state index contributed by atoms with van der Waals surface area (Å²) in [7, 11) is -2.93. The first-order valence-electron chi connectivity index (χ1n) is 7.71. The topological polar surface area (TPSA) is 123 Å². The Labute approximate surface area is 140 Å². The highest BCUT2D eigenvalue weighted by Crippen LogP contribution is 2.18. The Morgan fingerprint density at radius 2 is 1.96 bits per heavy atom. The molecule has 128 valence electrons. The molecule has 2 heterocycles. The molecular formula is C15H20N6O2S. The normalized spacial score (nSPS) is 20.6. The smallest absolute Gasteiger partial charge is 0.232 e. The Kier molecular flexibility index (Phi) is 4.63. The minimum atomic E-state index is -2.93. The fraction of sp³-hybridized carbons (Fsp3) is 0.400. The molecule has 1 aliphatic heterocycles. The summed E-state index contributed by atoms with van der Waals surface area (Å²) < 4.78 is 23.1. The van der Waals surface area contributed by atoms with Crippen LogP contribution in [0.5, 0.6) is 0 Å². The zero-order valence-electron chi connectivity index (χ0n) is 13.3. The molecular weight excluding hydrogens is 328 g/mol. The van der Waals surface area contributed by atoms with Gasteiger partial charge in [0.25, 0.3) is 0 Å². The van der Waals surface area contributed by atoms with E-state index in [1.165, 1.54) is 0 Å². The molecule has 8 nitrogen and oxygen atoms in total. The van der Waals surface area contributed by atoms with E-state index in [1.807, 2.05) is 37.3 Å². The van der Waals surface area contributed by atoms with Crippen molar-refractivity contribution in [2.24, 2.45) is 0 Å². The molecule has 0 unspecified atom stereocenters. The van der Waals surface area contributed by atoms with Gasteiger partial charge in [0, 0.05) is 11.7 Å². The molecule has 24 heavy (non-hydrogen) atoms. The van der Waals surface area contributed by atoms with E-state index in [0.29, 0.717) is 18.2 Å². The number of nitrogens with one attached hydrogen (secondary N) is 2. The first-order chi connectivity index (χ1) is 11.4. The highest BCUT2D eigenvalue weighted by atomic mass is 32.2. The van der Waals surface area contributed by atoms with Crippen molar-refractivity contribution >= 4 is 27.4 Å². The molecule has 0 amide bonds. The van der Waals surface area contributed by atoms with Crippen LogP contribution in [0.3, 0.4) is 0 Å². The highest BCUT2D eigenvalue weighted by Gasteiger charge is 2.29. The summed E-state index contributed by atoms with van der Waals surface area (Å²) >= 11 is 0. The first kappa shape index (κ1) is 16.6. The Balaban J connectivity index is 1.73. The Morgan fingerprint density at radius 1 is 1.21 bits per heavy atom. The summed E-state index contributed by atoms with van der Waals surface area (Å²) in [6, 6.07) is 9.19. The Hall–Kier alpha value is -2.26. The number of hydrogen-bond donors (Lipinski definition) is 3. The van der Waals surface area contributed by atoms with Crippen LogP contribution in [0.4, 0.5) is 17.6 Å². The van der Waals surface area contributed by atoms with Gasteiger partial charge < -0.3 is 16.4 Å². The van der Waals surface area contributed by atoms with Gasteiger partial charge in [-0.15, -0.1) is 0 Å². The van der Waals surface area contributed by atoms with Gasteiger partial charge in [-0.25, -0.2) is 8.42 Å². The molecule has 2 atom stereocenters. The summed E-state index contributed by atoms with van der Waals surface area (Å²) in [6.45, 7) is 1.88. The average molecular weight is 348 g/mol. The molecule has 0 radical (unpaired) electrons. The predicted molar refractivity (Wildman–Crippen MR) is 92.6 cm³/mol. The Bertz CT molecular complexity index is 812. The fourth-order valence-electron chi connectivity index (χ4n) is 2.66. The maximum Gasteiger partial charge on any atom is 0.232 e. The van der Waals surface area contributed by atoms with Gasteiger partial charge in [0.05, 0.1) is 17.5 Å². The number of aromatic nitrogens is 3. The van der Waals surface area contributed by atoms with E-state index in [9.17, 15) is 8.42 Å². The molecule has 3 rings (SSSR count). The standard InChI is InChI=1S/C15H20N6O2S/c1-10(17-12-7-8-24(22,23)9-12)13-19-14(16)21-15(20-13)18-11-5-3-2-4-6-11/h2-6,10,12,17H,7-9H2,1H3,(H3,16,18,19,20,21)/t10-,12-/m0/s1. The van der Waals surface area contributed by atoms with Gasteiger partial charge in [-0.1, -0.05) is 18.2 Å². The lowest BCUT2D eigenvalue weighted by Crippen LogP contribution is -2.33. The summed E-state index contributed by atoms with van der Waals surface area (Å²) in [4.78, 5) is 12.6. The van der Waals surface area contributed by atoms with Crippen LogP contribution in [0.2, 0.25) is 0 Å². The molecule has 0 saturated carbocycles. The number of benzene rings is 1. The number of para-hydroxylation sites is 1. The van der Waals surface area contributed by atoms with E-state index in [4.69, 9.17) is 5.73 Å². The van der Waals surface area contributed by atoms with E-state index >= 15 is 0 Å². The van der Waals surface area contributed by atoms with Crippen molar-refractivity contribution in [2.75, 3.05) is 22.6 Å². The predicted octanol–water partition coefficient (Wildman–Crippen LogP) is 1.04. The molecule has 9 heteroatoms. The van der Waals surface area contributed by atoms with Crippen molar-refractivity contribution in [3.63, 3.8) is 0 Å². The fourth-order valence-corrected chi connectivity index (χ4v) is 4.35. The van der Waals surface area contributed by atoms with Gasteiger partial charge in [-0.2, -0.15) is 15.0 Å². The van der Waals surface area contributed by atoms with Crippen LogP contribution in [-0.4, -0.2) is 40.9 Å². The SMILES string of the molecule is C[C@H](N[C@H]1CCS(=O)(=O)C1)c1nc(N)nc(Nc2ccccc2)n1. The molecule has 0 bridgehead atoms. The number of hydrogen-bond acceptors (Lipinski definition) is 8. The van der Waals surface area contributed by atoms with E-state index in [2.05, 4.69) is 25.6 Å². The summed E-state index contributed by atoms with van der Waals surface area (Å²) in [5, 5.41) is 6.33. The van der Waals surface area contributed by atoms with Crippen LogP contribution in [0, 0.1) is 0 Å². The number of rotatable bonds is 5. The van der Waals surface area contributed by atoms with Crippen LogP contribution in [0.25, 0.3) is 0 Å². The number of sulfone groups is 1. The largest absolute Gasteiger partial charge is 0.368 e. The minimum absolute atomic E-state index is 0.0893. The molecule has 1 fully saturated rings. The van der Waals surface area contributed by atoms with Gasteiger partial charge in [0.15, 0.2) is 15.7 Å². The number of nitrogens with two attached hydrogens (primary N) is 1. The van der Waals surface area contributed by atoms with E-state index < -0.39 is 9.84 Å². The van der Waals surface area contributed by atoms with Crippen LogP contribution < -0.4 is 16.4 Å². The number of anilines is 3. The third kappa shape index (κ3) is 4.18. The zero-order valence-corrected chi connectivity index (χ0v) is 14.1. The molecule has 1 aromatic heterocycles. The molecule has 4 N–H and O–H groups in total. The third-order valence-corrected chi connectivity index (χ3v) is 5.57. The molecule has 1 saturated heterocycles. The van der Waals surface area contributed by atoms with Crippen molar-refractivity contribution in [1.29, 1.82) is 0 Å². The van der Waals surface area contributed by atoms with Crippen molar-refractivity contribution in [1.82, 2.24) is 20.3 Å². The van der Waals surface area contributed by atoms with E-state index in [-0.39, 0.29) is 29.5 Å².